The summed E-state index contributed by atoms with van der Waals surface area (Å²) in [5, 5.41) is 0. The second-order valence-corrected chi connectivity index (χ2v) is 10.5. The van der Waals surface area contributed by atoms with E-state index in [9.17, 15) is 14.4 Å². The van der Waals surface area contributed by atoms with Crippen molar-refractivity contribution in [3.8, 4) is 0 Å². The zero-order valence-electron chi connectivity index (χ0n) is 13.8. The first kappa shape index (κ1) is 17.5. The van der Waals surface area contributed by atoms with Gasteiger partial charge in [-0.05, 0) is 0 Å². The van der Waals surface area contributed by atoms with E-state index in [2.05, 4.69) is 16.0 Å². The molecule has 3 amide bonds. The summed E-state index contributed by atoms with van der Waals surface area (Å²) < 4.78 is 3.10. The van der Waals surface area contributed by atoms with Crippen molar-refractivity contribution >= 4 is 31.8 Å². The summed E-state index contributed by atoms with van der Waals surface area (Å²) in [6.45, 7) is 2.52. The fraction of sp³-hybridized carbons (Fsp3) is 0.812. The SMILES string of the molecule is CCC1CC(=O)N(CC2CCC(C(=O)N[Se](C)C)CC2)C1=O. The Morgan fingerprint density at radius 2 is 1.86 bits per heavy atom. The zero-order chi connectivity index (χ0) is 16.3. The zero-order valence-corrected chi connectivity index (χ0v) is 15.5. The molecule has 2 aliphatic rings. The maximum atomic E-state index is 12.2. The molecular weight excluding hydrogens is 347 g/mol. The first-order valence-corrected chi connectivity index (χ1v) is 12.4. The number of carbonyl (C=O) groups excluding carboxylic acids is 3. The summed E-state index contributed by atoms with van der Waals surface area (Å²) in [6.07, 6.45) is 4.75. The number of amides is 3. The summed E-state index contributed by atoms with van der Waals surface area (Å²) in [4.78, 5) is 37.6. The molecule has 0 aromatic carbocycles. The summed E-state index contributed by atoms with van der Waals surface area (Å²) >= 11 is -0.941. The van der Waals surface area contributed by atoms with Crippen LogP contribution in [0.3, 0.4) is 0 Å². The molecule has 2 rings (SSSR count). The molecule has 6 heteroatoms. The van der Waals surface area contributed by atoms with E-state index in [1.54, 1.807) is 0 Å². The Bertz CT molecular complexity index is 445. The molecular formula is C16H27N2O3Se. The number of hydrogen-bond acceptors (Lipinski definition) is 3. The third-order valence-corrected chi connectivity index (χ3v) is 6.07. The number of hydrogen-bond donors (Lipinski definition) is 1. The van der Waals surface area contributed by atoms with Gasteiger partial charge >= 0.3 is 137 Å². The van der Waals surface area contributed by atoms with E-state index in [1.165, 1.54) is 4.90 Å². The van der Waals surface area contributed by atoms with Gasteiger partial charge in [-0.1, -0.05) is 0 Å². The Hall–Kier alpha value is -0.871. The van der Waals surface area contributed by atoms with Crippen LogP contribution in [0.5, 0.6) is 0 Å². The van der Waals surface area contributed by atoms with Crippen molar-refractivity contribution in [3.05, 3.63) is 0 Å². The Morgan fingerprint density at radius 3 is 2.36 bits per heavy atom. The molecule has 0 spiro atoms. The van der Waals surface area contributed by atoms with Gasteiger partial charge in [0.25, 0.3) is 0 Å². The minimum absolute atomic E-state index is 0.0116. The van der Waals surface area contributed by atoms with Crippen LogP contribution in [0, 0.1) is 17.8 Å². The van der Waals surface area contributed by atoms with Gasteiger partial charge in [-0.15, -0.1) is 0 Å². The molecule has 1 aliphatic carbocycles. The first-order chi connectivity index (χ1) is 10.4. The van der Waals surface area contributed by atoms with Crippen LogP contribution in [0.25, 0.3) is 0 Å². The van der Waals surface area contributed by atoms with Crippen LogP contribution in [-0.2, 0) is 14.4 Å². The minimum atomic E-state index is -0.941. The Morgan fingerprint density at radius 1 is 1.23 bits per heavy atom. The number of likely N-dealkylation sites (tertiary alicyclic amines) is 1. The standard InChI is InChI=1S/C16H27N2O3Se/c1-4-12-9-14(19)18(16(12)21)10-11-5-7-13(8-6-11)15(20)17-22(2)3/h11-13H,4-10H2,1-3H3,(H,17,20). The quantitative estimate of drug-likeness (QED) is 0.591. The normalized spacial score (nSPS) is 29.3. The van der Waals surface area contributed by atoms with Crippen LogP contribution in [0.2, 0.25) is 11.6 Å². The van der Waals surface area contributed by atoms with Crippen molar-refractivity contribution in [2.75, 3.05) is 6.54 Å². The van der Waals surface area contributed by atoms with Gasteiger partial charge in [-0.25, -0.2) is 0 Å². The summed E-state index contributed by atoms with van der Waals surface area (Å²) in [5.41, 5.74) is 0. The molecule has 1 atom stereocenters. The molecule has 5 nitrogen and oxygen atoms in total. The number of carbonyl (C=O) groups is 3. The predicted molar refractivity (Wildman–Crippen MR) is 86.2 cm³/mol. The molecule has 0 aromatic rings. The molecule has 1 N–H and O–H groups in total. The molecule has 1 saturated carbocycles. The molecule has 1 aliphatic heterocycles. The van der Waals surface area contributed by atoms with Crippen molar-refractivity contribution in [2.45, 2.75) is 57.1 Å². The van der Waals surface area contributed by atoms with Gasteiger partial charge < -0.3 is 0 Å². The number of rotatable bonds is 5. The van der Waals surface area contributed by atoms with Crippen molar-refractivity contribution < 1.29 is 14.4 Å². The van der Waals surface area contributed by atoms with Crippen molar-refractivity contribution in [2.24, 2.45) is 17.8 Å². The van der Waals surface area contributed by atoms with E-state index in [0.717, 1.165) is 32.1 Å². The Balaban J connectivity index is 1.81. The van der Waals surface area contributed by atoms with Crippen LogP contribution in [0.1, 0.15) is 45.4 Å². The van der Waals surface area contributed by atoms with Gasteiger partial charge in [-0.2, -0.15) is 0 Å². The molecule has 2 fully saturated rings. The van der Waals surface area contributed by atoms with Gasteiger partial charge in [0.15, 0.2) is 0 Å². The van der Waals surface area contributed by atoms with Crippen LogP contribution < -0.4 is 4.33 Å². The summed E-state index contributed by atoms with van der Waals surface area (Å²) in [5.74, 6) is 4.77. The van der Waals surface area contributed by atoms with Crippen LogP contribution >= 0.6 is 0 Å². The average molecular weight is 374 g/mol. The number of nitrogens with one attached hydrogen (secondary N) is 1. The monoisotopic (exact) mass is 375 g/mol. The van der Waals surface area contributed by atoms with Gasteiger partial charge in [0, 0.05) is 0 Å². The second kappa shape index (κ2) is 7.60. The predicted octanol–water partition coefficient (Wildman–Crippen LogP) is 1.95. The van der Waals surface area contributed by atoms with Gasteiger partial charge in [-0.3, -0.25) is 0 Å². The van der Waals surface area contributed by atoms with E-state index >= 15 is 0 Å². The maximum absolute atomic E-state index is 12.2. The Labute approximate surface area is 137 Å². The fourth-order valence-corrected chi connectivity index (χ4v) is 4.61. The van der Waals surface area contributed by atoms with E-state index in [-0.39, 0.29) is 29.6 Å². The van der Waals surface area contributed by atoms with Crippen LogP contribution in [-0.4, -0.2) is 43.3 Å². The van der Waals surface area contributed by atoms with E-state index in [1.807, 2.05) is 6.92 Å². The molecule has 1 radical (unpaired) electrons. The van der Waals surface area contributed by atoms with Crippen LogP contribution in [0.15, 0.2) is 0 Å². The molecule has 1 saturated heterocycles. The number of imide groups is 1. The topological polar surface area (TPSA) is 66.5 Å². The summed E-state index contributed by atoms with van der Waals surface area (Å²) in [7, 11) is 0. The Kier molecular flexibility index (Phi) is 6.04. The van der Waals surface area contributed by atoms with Gasteiger partial charge in [0.2, 0.25) is 0 Å². The van der Waals surface area contributed by atoms with E-state index in [0.29, 0.717) is 18.9 Å². The van der Waals surface area contributed by atoms with E-state index in [4.69, 9.17) is 0 Å². The van der Waals surface area contributed by atoms with E-state index < -0.39 is 14.1 Å². The molecule has 0 bridgehead atoms. The van der Waals surface area contributed by atoms with Crippen molar-refractivity contribution in [3.63, 3.8) is 0 Å². The fourth-order valence-electron chi connectivity index (χ4n) is 3.41. The third kappa shape index (κ3) is 4.11. The molecule has 1 unspecified atom stereocenters. The van der Waals surface area contributed by atoms with Crippen molar-refractivity contribution in [1.29, 1.82) is 0 Å². The van der Waals surface area contributed by atoms with Gasteiger partial charge in [0.05, 0.1) is 0 Å². The van der Waals surface area contributed by atoms with Crippen LogP contribution in [0.4, 0.5) is 0 Å². The first-order valence-electron chi connectivity index (χ1n) is 8.14. The third-order valence-electron chi connectivity index (χ3n) is 4.79. The molecule has 0 aromatic heterocycles. The van der Waals surface area contributed by atoms with Gasteiger partial charge in [0.1, 0.15) is 0 Å². The molecule has 22 heavy (non-hydrogen) atoms. The molecule has 125 valence electrons. The second-order valence-electron chi connectivity index (χ2n) is 6.65. The van der Waals surface area contributed by atoms with Crippen molar-refractivity contribution in [1.82, 2.24) is 9.23 Å². The number of nitrogens with zero attached hydrogens (tertiary/aromatic N) is 1. The molecule has 1 heterocycles. The average Bonchev–Trinajstić information content (AvgIpc) is 2.74. The summed E-state index contributed by atoms with van der Waals surface area (Å²) in [6, 6.07) is 0.